The Labute approximate surface area is 130 Å². The van der Waals surface area contributed by atoms with Crippen LogP contribution in [0.4, 0.5) is 0 Å². The van der Waals surface area contributed by atoms with E-state index in [1.54, 1.807) is 13.8 Å². The predicted molar refractivity (Wildman–Crippen MR) is 86.2 cm³/mol. The summed E-state index contributed by atoms with van der Waals surface area (Å²) in [7, 11) is 2.82. The van der Waals surface area contributed by atoms with Gasteiger partial charge in [-0.3, -0.25) is 0 Å². The zero-order valence-electron chi connectivity index (χ0n) is 13.2. The van der Waals surface area contributed by atoms with E-state index in [0.717, 1.165) is 16.3 Å². The summed E-state index contributed by atoms with van der Waals surface area (Å²) in [5.41, 5.74) is 0.854. The first-order chi connectivity index (χ1) is 10.4. The molecule has 2 aromatic rings. The molecule has 1 N–H and O–H groups in total. The Hall–Kier alpha value is -2.33. The highest BCUT2D eigenvalue weighted by Gasteiger charge is 2.19. The van der Waals surface area contributed by atoms with Gasteiger partial charge in [-0.25, -0.2) is 4.79 Å². The Bertz CT molecular complexity index is 723. The number of carbonyl (C=O) groups excluding carboxylic acids is 1. The highest BCUT2D eigenvalue weighted by Crippen LogP contribution is 2.30. The van der Waals surface area contributed by atoms with Crippen LogP contribution in [0.2, 0.25) is 0 Å². The molecule has 0 aliphatic rings. The van der Waals surface area contributed by atoms with Crippen LogP contribution < -0.4 is 0 Å². The number of aliphatic hydroxyl groups is 1. The van der Waals surface area contributed by atoms with Crippen LogP contribution in [-0.2, 0) is 19.9 Å². The molecule has 116 valence electrons. The molecule has 0 aliphatic carbocycles. The monoisotopic (exact) mass is 300 g/mol. The molecule has 0 radical (unpaired) electrons. The van der Waals surface area contributed by atoms with Crippen molar-refractivity contribution in [3.05, 3.63) is 53.8 Å². The number of hydrogen-bond acceptors (Lipinski definition) is 4. The molecular formula is C18H20O4. The third-order valence-corrected chi connectivity index (χ3v) is 3.52. The van der Waals surface area contributed by atoms with E-state index in [1.807, 2.05) is 36.4 Å². The number of hydrogen-bond donors (Lipinski definition) is 1. The Morgan fingerprint density at radius 2 is 1.91 bits per heavy atom. The van der Waals surface area contributed by atoms with Crippen molar-refractivity contribution >= 4 is 22.3 Å². The summed E-state index contributed by atoms with van der Waals surface area (Å²) in [5, 5.41) is 12.0. The molecule has 2 rings (SSSR count). The van der Waals surface area contributed by atoms with Gasteiger partial charge in [0.2, 0.25) is 0 Å². The maximum absolute atomic E-state index is 12.0. The molecule has 0 atom stereocenters. The zero-order chi connectivity index (χ0) is 16.3. The highest BCUT2D eigenvalue weighted by atomic mass is 16.5. The van der Waals surface area contributed by atoms with Gasteiger partial charge in [-0.15, -0.1) is 0 Å². The second-order valence-electron chi connectivity index (χ2n) is 5.56. The lowest BCUT2D eigenvalue weighted by molar-refractivity contribution is -0.133. The van der Waals surface area contributed by atoms with E-state index < -0.39 is 11.6 Å². The van der Waals surface area contributed by atoms with Crippen molar-refractivity contribution in [1.82, 2.24) is 0 Å². The van der Waals surface area contributed by atoms with Gasteiger partial charge < -0.3 is 14.6 Å². The third-order valence-electron chi connectivity index (χ3n) is 3.52. The number of esters is 1. The average molecular weight is 300 g/mol. The first-order valence-corrected chi connectivity index (χ1v) is 6.95. The van der Waals surface area contributed by atoms with Crippen molar-refractivity contribution < 1.29 is 19.4 Å². The smallest absolute Gasteiger partial charge is 0.341 e. The molecule has 0 bridgehead atoms. The van der Waals surface area contributed by atoms with Crippen LogP contribution in [0.3, 0.4) is 0 Å². The Morgan fingerprint density at radius 3 is 2.50 bits per heavy atom. The first-order valence-electron chi connectivity index (χ1n) is 6.95. The first kappa shape index (κ1) is 16.0. The van der Waals surface area contributed by atoms with E-state index in [-0.39, 0.29) is 0 Å². The Morgan fingerprint density at radius 1 is 1.18 bits per heavy atom. The van der Waals surface area contributed by atoms with Gasteiger partial charge in [0.15, 0.2) is 0 Å². The Balaban J connectivity index is 2.72. The summed E-state index contributed by atoms with van der Waals surface area (Å²) in [6, 6.07) is 11.3. The molecule has 0 saturated carbocycles. The fourth-order valence-corrected chi connectivity index (χ4v) is 2.34. The molecule has 4 nitrogen and oxygen atoms in total. The number of ether oxygens (including phenoxy) is 2. The fraction of sp³-hybridized carbons (Fsp3) is 0.278. The Kier molecular flexibility index (Phi) is 4.52. The number of fused-ring (bicyclic) bond motifs is 1. The summed E-state index contributed by atoms with van der Waals surface area (Å²) < 4.78 is 9.84. The van der Waals surface area contributed by atoms with Gasteiger partial charge in [-0.1, -0.05) is 30.3 Å². The quantitative estimate of drug-likeness (QED) is 0.535. The van der Waals surface area contributed by atoms with E-state index in [9.17, 15) is 9.90 Å². The van der Waals surface area contributed by atoms with Crippen LogP contribution in [0, 0.1) is 0 Å². The maximum Gasteiger partial charge on any atom is 0.341 e. The van der Waals surface area contributed by atoms with E-state index in [1.165, 1.54) is 20.5 Å². The van der Waals surface area contributed by atoms with E-state index in [2.05, 4.69) is 0 Å². The highest BCUT2D eigenvalue weighted by molar-refractivity contribution is 6.19. The van der Waals surface area contributed by atoms with Crippen molar-refractivity contribution in [3.63, 3.8) is 0 Å². The van der Waals surface area contributed by atoms with Crippen LogP contribution in [-0.4, -0.2) is 25.3 Å². The standard InChI is InChI=1S/C18H20O4/c1-18(2,20)13-9-8-12-6-5-7-14(15(12)10-13)16(11-21-3)17(19)22-4/h5-11,20H,1-4H3. The molecule has 2 aromatic carbocycles. The van der Waals surface area contributed by atoms with Gasteiger partial charge in [-0.05, 0) is 41.8 Å². The summed E-state index contributed by atoms with van der Waals surface area (Å²) in [5.74, 6) is -0.469. The zero-order valence-corrected chi connectivity index (χ0v) is 13.2. The van der Waals surface area contributed by atoms with Crippen molar-refractivity contribution in [3.8, 4) is 0 Å². The van der Waals surface area contributed by atoms with Crippen LogP contribution in [0.5, 0.6) is 0 Å². The lowest BCUT2D eigenvalue weighted by atomic mass is 9.92. The predicted octanol–water partition coefficient (Wildman–Crippen LogP) is 3.23. The van der Waals surface area contributed by atoms with Gasteiger partial charge in [0.25, 0.3) is 0 Å². The lowest BCUT2D eigenvalue weighted by Gasteiger charge is -2.19. The summed E-state index contributed by atoms with van der Waals surface area (Å²) in [6.45, 7) is 3.45. The van der Waals surface area contributed by atoms with Gasteiger partial charge >= 0.3 is 5.97 Å². The largest absolute Gasteiger partial charge is 0.503 e. The van der Waals surface area contributed by atoms with E-state index in [4.69, 9.17) is 9.47 Å². The topological polar surface area (TPSA) is 55.8 Å². The summed E-state index contributed by atoms with van der Waals surface area (Å²) in [6.07, 6.45) is 1.37. The molecule has 0 fully saturated rings. The van der Waals surface area contributed by atoms with Gasteiger partial charge in [-0.2, -0.15) is 0 Å². The molecule has 0 aromatic heterocycles. The van der Waals surface area contributed by atoms with Crippen molar-refractivity contribution in [2.24, 2.45) is 0 Å². The lowest BCUT2D eigenvalue weighted by Crippen LogP contribution is -2.15. The average Bonchev–Trinajstić information content (AvgIpc) is 2.50. The van der Waals surface area contributed by atoms with Gasteiger partial charge in [0.05, 0.1) is 26.1 Å². The third kappa shape index (κ3) is 3.12. The normalized spacial score (nSPS) is 12.3. The summed E-state index contributed by atoms with van der Waals surface area (Å²) >= 11 is 0. The number of benzene rings is 2. The molecule has 0 heterocycles. The molecular weight excluding hydrogens is 280 g/mol. The van der Waals surface area contributed by atoms with Crippen molar-refractivity contribution in [2.75, 3.05) is 14.2 Å². The molecule has 0 amide bonds. The number of carbonyl (C=O) groups is 1. The van der Waals surface area contributed by atoms with E-state index in [0.29, 0.717) is 11.1 Å². The molecule has 4 heteroatoms. The second-order valence-corrected chi connectivity index (χ2v) is 5.56. The minimum atomic E-state index is -0.961. The summed E-state index contributed by atoms with van der Waals surface area (Å²) in [4.78, 5) is 12.0. The fourth-order valence-electron chi connectivity index (χ4n) is 2.34. The van der Waals surface area contributed by atoms with Crippen LogP contribution in [0.25, 0.3) is 16.3 Å². The molecule has 0 aliphatic heterocycles. The number of methoxy groups -OCH3 is 2. The minimum Gasteiger partial charge on any atom is -0.503 e. The molecule has 0 spiro atoms. The number of rotatable bonds is 4. The van der Waals surface area contributed by atoms with E-state index >= 15 is 0 Å². The minimum absolute atomic E-state index is 0.337. The maximum atomic E-state index is 12.0. The molecule has 0 saturated heterocycles. The SMILES string of the molecule is COC=C(C(=O)OC)c1cccc2ccc(C(C)(C)O)cc12. The molecule has 0 unspecified atom stereocenters. The van der Waals surface area contributed by atoms with Crippen LogP contribution in [0.15, 0.2) is 42.7 Å². The molecule has 22 heavy (non-hydrogen) atoms. The van der Waals surface area contributed by atoms with Gasteiger partial charge in [0.1, 0.15) is 5.57 Å². The van der Waals surface area contributed by atoms with Crippen LogP contribution >= 0.6 is 0 Å². The van der Waals surface area contributed by atoms with Crippen molar-refractivity contribution in [1.29, 1.82) is 0 Å². The van der Waals surface area contributed by atoms with Crippen LogP contribution in [0.1, 0.15) is 25.0 Å². The van der Waals surface area contributed by atoms with Gasteiger partial charge in [0, 0.05) is 0 Å². The van der Waals surface area contributed by atoms with Crippen molar-refractivity contribution in [2.45, 2.75) is 19.4 Å². The second kappa shape index (κ2) is 6.20.